The second-order valence-corrected chi connectivity index (χ2v) is 7.48. The van der Waals surface area contributed by atoms with Crippen LogP contribution in [0.1, 0.15) is 19.8 Å². The third-order valence-corrected chi connectivity index (χ3v) is 5.64. The predicted molar refractivity (Wildman–Crippen MR) is 101 cm³/mol. The second kappa shape index (κ2) is 6.48. The van der Waals surface area contributed by atoms with Crippen LogP contribution in [0.3, 0.4) is 0 Å². The molecule has 1 aromatic carbocycles. The molecule has 3 N–H and O–H groups in total. The molecule has 3 heterocycles. The molecule has 1 aliphatic rings. The van der Waals surface area contributed by atoms with E-state index in [1.807, 2.05) is 0 Å². The van der Waals surface area contributed by atoms with Gasteiger partial charge in [0, 0.05) is 18.7 Å². The molecule has 26 heavy (non-hydrogen) atoms. The molecular weight excluding hydrogens is 355 g/mol. The molecule has 1 aliphatic heterocycles. The summed E-state index contributed by atoms with van der Waals surface area (Å²) in [5.74, 6) is 0.318. The normalized spacial score (nSPS) is 17.0. The van der Waals surface area contributed by atoms with Crippen LogP contribution in [0.4, 0.5) is 10.2 Å². The fraction of sp³-hybridized carbons (Fsp3) is 0.389. The van der Waals surface area contributed by atoms with Gasteiger partial charge < -0.3 is 10.6 Å². The Morgan fingerprint density at radius 3 is 2.85 bits per heavy atom. The minimum atomic E-state index is -0.485. The summed E-state index contributed by atoms with van der Waals surface area (Å²) in [5, 5.41) is 7.17. The summed E-state index contributed by atoms with van der Waals surface area (Å²) < 4.78 is 13.7. The van der Waals surface area contributed by atoms with E-state index in [-0.39, 0.29) is 10.4 Å². The standard InChI is InChI=1S/C18H20ClFN6/c1-18(10-21)5-7-26(8-6-18)13-9-22-16-15(24-25-17(16)23-13)11-3-2-4-12(20)14(11)19/h2-4,9H,5-8,10,21H2,1H3,(H,23,24,25). The van der Waals surface area contributed by atoms with Crippen molar-refractivity contribution in [2.75, 3.05) is 24.5 Å². The fourth-order valence-corrected chi connectivity index (χ4v) is 3.51. The monoisotopic (exact) mass is 374 g/mol. The Morgan fingerprint density at radius 2 is 2.12 bits per heavy atom. The van der Waals surface area contributed by atoms with Gasteiger partial charge in [0.25, 0.3) is 0 Å². The first-order valence-electron chi connectivity index (χ1n) is 8.61. The van der Waals surface area contributed by atoms with E-state index in [4.69, 9.17) is 17.3 Å². The number of nitrogens with one attached hydrogen (secondary N) is 1. The van der Waals surface area contributed by atoms with Crippen LogP contribution in [0.15, 0.2) is 24.4 Å². The van der Waals surface area contributed by atoms with E-state index < -0.39 is 5.82 Å². The minimum absolute atomic E-state index is 0.0314. The van der Waals surface area contributed by atoms with Gasteiger partial charge in [0.05, 0.1) is 11.2 Å². The number of nitrogens with zero attached hydrogens (tertiary/aromatic N) is 4. The molecule has 136 valence electrons. The maximum atomic E-state index is 13.7. The number of nitrogens with two attached hydrogens (primary N) is 1. The summed E-state index contributed by atoms with van der Waals surface area (Å²) in [6.07, 6.45) is 3.78. The number of piperidine rings is 1. The van der Waals surface area contributed by atoms with Crippen LogP contribution >= 0.6 is 11.6 Å². The molecule has 0 amide bonds. The quantitative estimate of drug-likeness (QED) is 0.734. The highest BCUT2D eigenvalue weighted by atomic mass is 35.5. The molecule has 3 aromatic rings. The predicted octanol–water partition coefficient (Wildman–Crippen LogP) is 3.38. The number of rotatable bonds is 3. The van der Waals surface area contributed by atoms with Crippen LogP contribution in [0.2, 0.25) is 5.02 Å². The Hall–Kier alpha value is -2.25. The van der Waals surface area contributed by atoms with Gasteiger partial charge in [0.2, 0.25) is 0 Å². The first kappa shape index (κ1) is 17.2. The molecule has 2 aromatic heterocycles. The van der Waals surface area contributed by atoms with Crippen molar-refractivity contribution < 1.29 is 4.39 Å². The molecule has 0 unspecified atom stereocenters. The van der Waals surface area contributed by atoms with Crippen molar-refractivity contribution >= 4 is 28.6 Å². The van der Waals surface area contributed by atoms with Gasteiger partial charge in [-0.1, -0.05) is 30.7 Å². The first-order chi connectivity index (χ1) is 12.5. The van der Waals surface area contributed by atoms with Crippen molar-refractivity contribution in [2.24, 2.45) is 11.1 Å². The van der Waals surface area contributed by atoms with E-state index >= 15 is 0 Å². The number of hydrogen-bond donors (Lipinski definition) is 2. The number of halogens is 2. The van der Waals surface area contributed by atoms with Crippen LogP contribution < -0.4 is 10.6 Å². The number of fused-ring (bicyclic) bond motifs is 1. The summed E-state index contributed by atoms with van der Waals surface area (Å²) in [6, 6.07) is 4.63. The average Bonchev–Trinajstić information content (AvgIpc) is 3.07. The smallest absolute Gasteiger partial charge is 0.177 e. The van der Waals surface area contributed by atoms with Gasteiger partial charge >= 0.3 is 0 Å². The first-order valence-corrected chi connectivity index (χ1v) is 8.99. The number of aromatic nitrogens is 4. The molecule has 6 nitrogen and oxygen atoms in total. The van der Waals surface area contributed by atoms with E-state index in [0.717, 1.165) is 31.7 Å². The Morgan fingerprint density at radius 1 is 1.35 bits per heavy atom. The molecule has 0 atom stereocenters. The Bertz CT molecular complexity index is 948. The maximum absolute atomic E-state index is 13.7. The van der Waals surface area contributed by atoms with E-state index in [9.17, 15) is 4.39 Å². The van der Waals surface area contributed by atoms with Crippen LogP contribution in [-0.4, -0.2) is 39.8 Å². The van der Waals surface area contributed by atoms with E-state index in [0.29, 0.717) is 29.0 Å². The van der Waals surface area contributed by atoms with Crippen molar-refractivity contribution in [3.63, 3.8) is 0 Å². The van der Waals surface area contributed by atoms with Gasteiger partial charge in [-0.05, 0) is 30.9 Å². The van der Waals surface area contributed by atoms with Gasteiger partial charge in [-0.25, -0.2) is 14.4 Å². The van der Waals surface area contributed by atoms with E-state index in [1.54, 1.807) is 18.3 Å². The lowest BCUT2D eigenvalue weighted by molar-refractivity contribution is 0.258. The SMILES string of the molecule is CC1(CN)CCN(c2cnc3c(-c4cccc(F)c4Cl)n[nH]c3n2)CC1. The topological polar surface area (TPSA) is 83.7 Å². The number of hydrogen-bond acceptors (Lipinski definition) is 5. The van der Waals surface area contributed by atoms with Crippen LogP contribution in [0, 0.1) is 11.2 Å². The Labute approximate surface area is 155 Å². The molecule has 0 spiro atoms. The van der Waals surface area contributed by atoms with Gasteiger partial charge in [-0.3, -0.25) is 5.10 Å². The molecule has 0 saturated carbocycles. The third kappa shape index (κ3) is 2.91. The molecule has 0 aliphatic carbocycles. The summed E-state index contributed by atoms with van der Waals surface area (Å²) >= 11 is 6.08. The zero-order chi connectivity index (χ0) is 18.3. The highest BCUT2D eigenvalue weighted by Crippen LogP contribution is 2.34. The molecule has 1 fully saturated rings. The molecule has 0 radical (unpaired) electrons. The van der Waals surface area contributed by atoms with Crippen LogP contribution in [0.25, 0.3) is 22.4 Å². The Kier molecular flexibility index (Phi) is 4.28. The molecule has 8 heteroatoms. The van der Waals surface area contributed by atoms with E-state index in [2.05, 4.69) is 32.0 Å². The largest absolute Gasteiger partial charge is 0.355 e. The van der Waals surface area contributed by atoms with Crippen molar-refractivity contribution in [1.29, 1.82) is 0 Å². The average molecular weight is 375 g/mol. The van der Waals surface area contributed by atoms with Crippen molar-refractivity contribution in [2.45, 2.75) is 19.8 Å². The van der Waals surface area contributed by atoms with Crippen molar-refractivity contribution in [3.05, 3.63) is 35.2 Å². The number of aromatic amines is 1. The maximum Gasteiger partial charge on any atom is 0.177 e. The van der Waals surface area contributed by atoms with Crippen LogP contribution in [-0.2, 0) is 0 Å². The summed E-state index contributed by atoms with van der Waals surface area (Å²) in [7, 11) is 0. The molecule has 1 saturated heterocycles. The lowest BCUT2D eigenvalue weighted by atomic mass is 9.80. The lowest BCUT2D eigenvalue weighted by Gasteiger charge is -2.39. The fourth-order valence-electron chi connectivity index (χ4n) is 3.30. The Balaban J connectivity index is 1.65. The van der Waals surface area contributed by atoms with Crippen molar-refractivity contribution in [3.8, 4) is 11.3 Å². The number of benzene rings is 1. The number of H-pyrrole nitrogens is 1. The van der Waals surface area contributed by atoms with Crippen molar-refractivity contribution in [1.82, 2.24) is 20.2 Å². The van der Waals surface area contributed by atoms with Gasteiger partial charge in [0.15, 0.2) is 5.65 Å². The van der Waals surface area contributed by atoms with Gasteiger partial charge in [0.1, 0.15) is 22.8 Å². The summed E-state index contributed by atoms with van der Waals surface area (Å²) in [4.78, 5) is 11.4. The highest BCUT2D eigenvalue weighted by Gasteiger charge is 2.29. The van der Waals surface area contributed by atoms with Crippen LogP contribution in [0.5, 0.6) is 0 Å². The second-order valence-electron chi connectivity index (χ2n) is 7.10. The van der Waals surface area contributed by atoms with E-state index in [1.165, 1.54) is 6.07 Å². The third-order valence-electron chi connectivity index (χ3n) is 5.25. The molecule has 0 bridgehead atoms. The van der Waals surface area contributed by atoms with Gasteiger partial charge in [-0.2, -0.15) is 5.10 Å². The molecule has 4 rings (SSSR count). The lowest BCUT2D eigenvalue weighted by Crippen LogP contribution is -2.42. The zero-order valence-electron chi connectivity index (χ0n) is 14.5. The zero-order valence-corrected chi connectivity index (χ0v) is 15.2. The summed E-state index contributed by atoms with van der Waals surface area (Å²) in [6.45, 7) is 4.71. The summed E-state index contributed by atoms with van der Waals surface area (Å²) in [5.41, 5.74) is 8.21. The van der Waals surface area contributed by atoms with Gasteiger partial charge in [-0.15, -0.1) is 0 Å². The molecular formula is C18H20ClFN6. The highest BCUT2D eigenvalue weighted by molar-refractivity contribution is 6.33. The number of anilines is 1. The minimum Gasteiger partial charge on any atom is -0.355 e.